The summed E-state index contributed by atoms with van der Waals surface area (Å²) in [6, 6.07) is 11.2. The molecule has 2 aliphatic heterocycles. The van der Waals surface area contributed by atoms with Crippen LogP contribution in [0.4, 0.5) is 5.69 Å². The largest absolute Gasteiger partial charge is 0.398 e. The number of thioether (sulfide) groups is 1. The molecule has 6 heteroatoms. The predicted octanol–water partition coefficient (Wildman–Crippen LogP) is 3.06. The summed E-state index contributed by atoms with van der Waals surface area (Å²) < 4.78 is 0. The molecule has 2 aliphatic rings. The van der Waals surface area contributed by atoms with Crippen LogP contribution in [0.15, 0.2) is 47.0 Å². The zero-order valence-electron chi connectivity index (χ0n) is 14.7. The molecule has 0 unspecified atom stereocenters. The van der Waals surface area contributed by atoms with Gasteiger partial charge in [-0.05, 0) is 37.6 Å². The molecule has 0 radical (unpaired) electrons. The van der Waals surface area contributed by atoms with Crippen LogP contribution in [-0.2, 0) is 16.0 Å². The van der Waals surface area contributed by atoms with Crippen LogP contribution in [0, 0.1) is 6.92 Å². The van der Waals surface area contributed by atoms with E-state index in [9.17, 15) is 9.59 Å². The van der Waals surface area contributed by atoms with E-state index in [-0.39, 0.29) is 11.8 Å². The normalized spacial score (nSPS) is 19.0. The first-order valence-electron chi connectivity index (χ1n) is 8.62. The first kappa shape index (κ1) is 16.8. The molecule has 0 spiro atoms. The molecule has 0 saturated carbocycles. The van der Waals surface area contributed by atoms with Crippen molar-refractivity contribution in [2.45, 2.75) is 37.0 Å². The van der Waals surface area contributed by atoms with E-state index in [1.165, 1.54) is 16.7 Å². The summed E-state index contributed by atoms with van der Waals surface area (Å²) in [5, 5.41) is 0.106. The van der Waals surface area contributed by atoms with Gasteiger partial charge in [-0.2, -0.15) is 0 Å². The highest BCUT2D eigenvalue weighted by Crippen LogP contribution is 2.44. The minimum absolute atomic E-state index is 0.254. The predicted molar refractivity (Wildman–Crippen MR) is 103 cm³/mol. The zero-order valence-corrected chi connectivity index (χ0v) is 15.5. The fourth-order valence-electron chi connectivity index (χ4n) is 3.30. The number of aromatic nitrogens is 1. The van der Waals surface area contributed by atoms with E-state index in [1.54, 1.807) is 12.1 Å². The number of nitrogens with zero attached hydrogens (tertiary/aromatic N) is 2. The number of hydrogen-bond acceptors (Lipinski definition) is 5. The highest BCUT2D eigenvalue weighted by atomic mass is 32.2. The van der Waals surface area contributed by atoms with E-state index < -0.39 is 5.25 Å². The van der Waals surface area contributed by atoms with Gasteiger partial charge in [0.1, 0.15) is 10.3 Å². The van der Waals surface area contributed by atoms with Gasteiger partial charge in [-0.3, -0.25) is 9.59 Å². The van der Waals surface area contributed by atoms with Crippen molar-refractivity contribution in [1.29, 1.82) is 0 Å². The van der Waals surface area contributed by atoms with Crippen LogP contribution in [0.1, 0.15) is 30.2 Å². The van der Waals surface area contributed by atoms with Crippen molar-refractivity contribution in [2.24, 2.45) is 5.73 Å². The van der Waals surface area contributed by atoms with Gasteiger partial charge in [0, 0.05) is 11.3 Å². The molecule has 1 fully saturated rings. The number of nitrogens with two attached hydrogens (primary N) is 1. The van der Waals surface area contributed by atoms with E-state index >= 15 is 0 Å². The number of carbonyl (C=O) groups excluding carboxylic acids is 2. The maximum atomic E-state index is 13.0. The van der Waals surface area contributed by atoms with Gasteiger partial charge in [0.05, 0.1) is 17.0 Å². The van der Waals surface area contributed by atoms with Crippen LogP contribution < -0.4 is 10.6 Å². The molecular formula is C20H19N3O2S. The third-order valence-electron chi connectivity index (χ3n) is 4.67. The average molecular weight is 365 g/mol. The minimum atomic E-state index is -0.624. The molecule has 5 nitrogen and oxygen atoms in total. The lowest BCUT2D eigenvalue weighted by molar-refractivity contribution is -0.120. The number of fused-ring (bicyclic) bond motifs is 2. The fourth-order valence-corrected chi connectivity index (χ4v) is 4.55. The van der Waals surface area contributed by atoms with Crippen LogP contribution in [0.3, 0.4) is 0 Å². The van der Waals surface area contributed by atoms with Crippen molar-refractivity contribution in [3.8, 4) is 0 Å². The number of hydrogen-bond donors (Lipinski definition) is 1. The van der Waals surface area contributed by atoms with Gasteiger partial charge in [-0.25, -0.2) is 9.88 Å². The third-order valence-corrected chi connectivity index (χ3v) is 5.87. The Balaban J connectivity index is 1.77. The number of rotatable bonds is 3. The first-order chi connectivity index (χ1) is 12.5. The van der Waals surface area contributed by atoms with Crippen molar-refractivity contribution < 1.29 is 9.59 Å². The number of benzene rings is 1. The Morgan fingerprint density at radius 1 is 1.15 bits per heavy atom. The van der Waals surface area contributed by atoms with Gasteiger partial charge in [-0.1, -0.05) is 42.8 Å². The summed E-state index contributed by atoms with van der Waals surface area (Å²) in [6.45, 7) is 4.06. The summed E-state index contributed by atoms with van der Waals surface area (Å²) >= 11 is 1.32. The topological polar surface area (TPSA) is 76.3 Å². The second-order valence-electron chi connectivity index (χ2n) is 6.54. The number of pyridine rings is 1. The van der Waals surface area contributed by atoms with Gasteiger partial charge in [-0.15, -0.1) is 0 Å². The molecule has 26 heavy (non-hydrogen) atoms. The maximum absolute atomic E-state index is 13.0. The third kappa shape index (κ3) is 2.52. The highest BCUT2D eigenvalue weighted by Gasteiger charge is 2.48. The monoisotopic (exact) mass is 365 g/mol. The Labute approximate surface area is 156 Å². The smallest absolute Gasteiger partial charge is 0.264 e. The van der Waals surface area contributed by atoms with E-state index in [0.29, 0.717) is 17.0 Å². The summed E-state index contributed by atoms with van der Waals surface area (Å²) in [4.78, 5) is 31.8. The van der Waals surface area contributed by atoms with Crippen LogP contribution >= 0.6 is 11.8 Å². The van der Waals surface area contributed by atoms with Crippen LogP contribution in [0.5, 0.6) is 0 Å². The SMILES string of the molecule is CCCc1ccc2c(n1)S[C@H]1C(=O)N(c3ccc(C)cc3)C(=O)C1=C2N. The average Bonchev–Trinajstić information content (AvgIpc) is 2.87. The lowest BCUT2D eigenvalue weighted by Crippen LogP contribution is -2.31. The Kier molecular flexibility index (Phi) is 4.07. The van der Waals surface area contributed by atoms with Gasteiger partial charge in [0.25, 0.3) is 11.8 Å². The molecule has 1 saturated heterocycles. The number of anilines is 1. The highest BCUT2D eigenvalue weighted by molar-refractivity contribution is 8.01. The Morgan fingerprint density at radius 2 is 1.88 bits per heavy atom. The molecule has 0 bridgehead atoms. The molecule has 4 rings (SSSR count). The van der Waals surface area contributed by atoms with Gasteiger partial charge >= 0.3 is 0 Å². The molecular weight excluding hydrogens is 346 g/mol. The lowest BCUT2D eigenvalue weighted by atomic mass is 10.1. The zero-order chi connectivity index (χ0) is 18.4. The van der Waals surface area contributed by atoms with Crippen molar-refractivity contribution >= 4 is 35.0 Å². The molecule has 1 aromatic carbocycles. The molecule has 2 amide bonds. The van der Waals surface area contributed by atoms with E-state index in [1.807, 2.05) is 31.2 Å². The minimum Gasteiger partial charge on any atom is -0.398 e. The van der Waals surface area contributed by atoms with Crippen molar-refractivity contribution in [3.63, 3.8) is 0 Å². The van der Waals surface area contributed by atoms with Gasteiger partial charge in [0.15, 0.2) is 0 Å². The molecule has 3 heterocycles. The summed E-state index contributed by atoms with van der Waals surface area (Å²) in [5.74, 6) is -0.590. The second kappa shape index (κ2) is 6.29. The lowest BCUT2D eigenvalue weighted by Gasteiger charge is -2.20. The van der Waals surface area contributed by atoms with Crippen molar-refractivity contribution in [2.75, 3.05) is 4.90 Å². The van der Waals surface area contributed by atoms with Crippen molar-refractivity contribution in [3.05, 3.63) is 58.8 Å². The number of aryl methyl sites for hydroxylation is 2. The first-order valence-corrected chi connectivity index (χ1v) is 9.50. The Bertz CT molecular complexity index is 950. The van der Waals surface area contributed by atoms with Crippen molar-refractivity contribution in [1.82, 2.24) is 4.98 Å². The molecule has 132 valence electrons. The second-order valence-corrected chi connectivity index (χ2v) is 7.64. The molecule has 1 aromatic heterocycles. The molecule has 2 N–H and O–H groups in total. The molecule has 1 atom stereocenters. The maximum Gasteiger partial charge on any atom is 0.264 e. The molecule has 2 aromatic rings. The fraction of sp³-hybridized carbons (Fsp3) is 0.250. The van der Waals surface area contributed by atoms with Crippen LogP contribution in [-0.4, -0.2) is 22.0 Å². The summed E-state index contributed by atoms with van der Waals surface area (Å²) in [5.41, 5.74) is 10.4. The number of carbonyl (C=O) groups is 2. The summed E-state index contributed by atoms with van der Waals surface area (Å²) in [6.07, 6.45) is 1.87. The van der Waals surface area contributed by atoms with Crippen LogP contribution in [0.2, 0.25) is 0 Å². The number of imide groups is 1. The quantitative estimate of drug-likeness (QED) is 0.846. The molecule has 0 aliphatic carbocycles. The van der Waals surface area contributed by atoms with E-state index in [0.717, 1.165) is 34.7 Å². The van der Waals surface area contributed by atoms with E-state index in [2.05, 4.69) is 11.9 Å². The van der Waals surface area contributed by atoms with Gasteiger partial charge < -0.3 is 5.73 Å². The van der Waals surface area contributed by atoms with Gasteiger partial charge in [0.2, 0.25) is 0 Å². The standard InChI is InChI=1S/C20H19N3O2S/c1-3-4-12-7-10-14-16(21)15-17(26-18(14)22-12)20(25)23(19(15)24)13-8-5-11(2)6-9-13/h5-10,17H,3-4,21H2,1-2H3/t17-/m1/s1. The Hall–Kier alpha value is -2.60. The summed E-state index contributed by atoms with van der Waals surface area (Å²) in [7, 11) is 0. The Morgan fingerprint density at radius 3 is 2.58 bits per heavy atom. The number of amides is 2. The van der Waals surface area contributed by atoms with E-state index in [4.69, 9.17) is 5.73 Å². The van der Waals surface area contributed by atoms with Crippen LogP contribution in [0.25, 0.3) is 5.70 Å².